The van der Waals surface area contributed by atoms with Gasteiger partial charge in [0.15, 0.2) is 0 Å². The Balaban J connectivity index is 1.63. The topological polar surface area (TPSA) is 135 Å². The molecular weight excluding hydrogens is 392 g/mol. The predicted octanol–water partition coefficient (Wildman–Crippen LogP) is 3.18. The molecule has 0 saturated heterocycles. The minimum atomic E-state index is -0.157. The van der Waals surface area contributed by atoms with Crippen LogP contribution in [0.25, 0.3) is 0 Å². The maximum Gasteiger partial charge on any atom is 0.240 e. The molecule has 0 saturated carbocycles. The molecule has 0 unspecified atom stereocenters. The summed E-state index contributed by atoms with van der Waals surface area (Å²) in [6.45, 7) is 3.62. The molecule has 2 rings (SSSR count). The number of amides is 2. The molecule has 2 aromatic rings. The number of carbonyl (C=O) groups is 2. The van der Waals surface area contributed by atoms with E-state index in [2.05, 4.69) is 21.1 Å². The van der Waals surface area contributed by atoms with Crippen molar-refractivity contribution in [3.8, 4) is 0 Å². The highest BCUT2D eigenvalue weighted by atomic mass is 16.2. The zero-order valence-corrected chi connectivity index (χ0v) is 18.0. The summed E-state index contributed by atoms with van der Waals surface area (Å²) in [4.78, 5) is 23.9. The fourth-order valence-electron chi connectivity index (χ4n) is 2.81. The van der Waals surface area contributed by atoms with E-state index in [1.54, 1.807) is 24.3 Å². The number of hydrazone groups is 2. The van der Waals surface area contributed by atoms with Gasteiger partial charge >= 0.3 is 0 Å². The Morgan fingerprint density at radius 3 is 1.55 bits per heavy atom. The first-order chi connectivity index (χ1) is 14.8. The molecule has 0 radical (unpaired) electrons. The van der Waals surface area contributed by atoms with E-state index in [-0.39, 0.29) is 11.8 Å². The highest BCUT2D eigenvalue weighted by molar-refractivity contribution is 6.00. The van der Waals surface area contributed by atoms with Crippen molar-refractivity contribution in [2.45, 2.75) is 46.0 Å². The lowest BCUT2D eigenvalue weighted by atomic mass is 10.1. The van der Waals surface area contributed by atoms with Crippen LogP contribution in [0, 0.1) is 0 Å². The smallest absolute Gasteiger partial charge is 0.240 e. The molecule has 2 amide bonds. The molecule has 8 nitrogen and oxygen atoms in total. The molecule has 0 aliphatic rings. The fraction of sp³-hybridized carbons (Fsp3) is 0.304. The van der Waals surface area contributed by atoms with E-state index in [9.17, 15) is 9.59 Å². The highest BCUT2D eigenvalue weighted by Gasteiger charge is 2.05. The zero-order chi connectivity index (χ0) is 22.6. The number of hydrogen-bond acceptors (Lipinski definition) is 6. The molecule has 0 atom stereocenters. The van der Waals surface area contributed by atoms with Gasteiger partial charge in [0, 0.05) is 24.2 Å². The Kier molecular flexibility index (Phi) is 9.22. The summed E-state index contributed by atoms with van der Waals surface area (Å²) in [5, 5.41) is 8.22. The molecule has 6 N–H and O–H groups in total. The summed E-state index contributed by atoms with van der Waals surface area (Å²) in [5.41, 5.74) is 21.0. The normalized spacial score (nSPS) is 11.8. The Labute approximate surface area is 182 Å². The van der Waals surface area contributed by atoms with Crippen LogP contribution in [0.2, 0.25) is 0 Å². The van der Waals surface area contributed by atoms with Crippen LogP contribution in [-0.4, -0.2) is 23.2 Å². The number of carbonyl (C=O) groups excluding carboxylic acids is 2. The minimum absolute atomic E-state index is 0.157. The van der Waals surface area contributed by atoms with Gasteiger partial charge in [-0.1, -0.05) is 30.7 Å². The summed E-state index contributed by atoms with van der Waals surface area (Å²) >= 11 is 0. The van der Waals surface area contributed by atoms with Crippen LogP contribution in [-0.2, 0) is 9.59 Å². The Bertz CT molecular complexity index is 891. The van der Waals surface area contributed by atoms with E-state index >= 15 is 0 Å². The number of nitrogen functional groups attached to an aromatic ring is 2. The van der Waals surface area contributed by atoms with Crippen molar-refractivity contribution in [1.29, 1.82) is 0 Å². The van der Waals surface area contributed by atoms with Crippen molar-refractivity contribution >= 4 is 34.6 Å². The van der Waals surface area contributed by atoms with E-state index in [0.717, 1.165) is 17.5 Å². The molecule has 0 spiro atoms. The van der Waals surface area contributed by atoms with Crippen molar-refractivity contribution in [3.63, 3.8) is 0 Å². The lowest BCUT2D eigenvalue weighted by Gasteiger charge is -2.05. The quantitative estimate of drug-likeness (QED) is 0.202. The number of anilines is 2. The Hall–Kier alpha value is -3.68. The number of rotatable bonds is 10. The number of nitrogens with one attached hydrogen (secondary N) is 2. The summed E-state index contributed by atoms with van der Waals surface area (Å²) in [5.74, 6) is -0.315. The molecular formula is C23H30N6O2. The Morgan fingerprint density at radius 2 is 1.16 bits per heavy atom. The van der Waals surface area contributed by atoms with Crippen LogP contribution in [0.15, 0.2) is 58.7 Å². The van der Waals surface area contributed by atoms with Crippen molar-refractivity contribution in [1.82, 2.24) is 10.9 Å². The van der Waals surface area contributed by atoms with Gasteiger partial charge in [0.05, 0.1) is 11.4 Å². The number of nitrogens with two attached hydrogens (primary N) is 2. The van der Waals surface area contributed by atoms with Crippen molar-refractivity contribution in [2.24, 2.45) is 10.2 Å². The number of benzene rings is 2. The number of unbranched alkanes of at least 4 members (excludes halogenated alkanes) is 2. The minimum Gasteiger partial charge on any atom is -0.399 e. The second kappa shape index (κ2) is 12.1. The molecule has 2 aromatic carbocycles. The summed E-state index contributed by atoms with van der Waals surface area (Å²) in [6.07, 6.45) is 2.82. The molecule has 0 aromatic heterocycles. The van der Waals surface area contributed by atoms with Gasteiger partial charge < -0.3 is 11.5 Å². The van der Waals surface area contributed by atoms with E-state index in [4.69, 9.17) is 11.5 Å². The first kappa shape index (κ1) is 23.6. The molecule has 0 bridgehead atoms. The third kappa shape index (κ3) is 8.69. The average Bonchev–Trinajstić information content (AvgIpc) is 2.75. The zero-order valence-electron chi connectivity index (χ0n) is 18.0. The van der Waals surface area contributed by atoms with Crippen LogP contribution < -0.4 is 22.3 Å². The van der Waals surface area contributed by atoms with Gasteiger partial charge in [-0.15, -0.1) is 0 Å². The van der Waals surface area contributed by atoms with E-state index in [1.165, 1.54) is 0 Å². The summed E-state index contributed by atoms with van der Waals surface area (Å²) in [6, 6.07) is 14.6. The molecule has 8 heteroatoms. The molecule has 0 fully saturated rings. The van der Waals surface area contributed by atoms with Crippen LogP contribution >= 0.6 is 0 Å². The van der Waals surface area contributed by atoms with Crippen molar-refractivity contribution in [3.05, 3.63) is 59.7 Å². The molecule has 31 heavy (non-hydrogen) atoms. The molecule has 164 valence electrons. The number of hydrogen-bond donors (Lipinski definition) is 4. The van der Waals surface area contributed by atoms with Gasteiger partial charge in [-0.2, -0.15) is 10.2 Å². The first-order valence-corrected chi connectivity index (χ1v) is 10.2. The van der Waals surface area contributed by atoms with Gasteiger partial charge in [0.2, 0.25) is 11.8 Å². The second-order valence-electron chi connectivity index (χ2n) is 7.28. The fourth-order valence-corrected chi connectivity index (χ4v) is 2.81. The molecule has 0 aliphatic carbocycles. The third-order valence-electron chi connectivity index (χ3n) is 4.61. The van der Waals surface area contributed by atoms with Gasteiger partial charge in [-0.3, -0.25) is 9.59 Å². The van der Waals surface area contributed by atoms with Gasteiger partial charge in [0.1, 0.15) is 0 Å². The van der Waals surface area contributed by atoms with Crippen molar-refractivity contribution in [2.75, 3.05) is 11.5 Å². The van der Waals surface area contributed by atoms with E-state index in [0.29, 0.717) is 48.5 Å². The predicted molar refractivity (Wildman–Crippen MR) is 126 cm³/mol. The largest absolute Gasteiger partial charge is 0.399 e. The second-order valence-corrected chi connectivity index (χ2v) is 7.28. The average molecular weight is 423 g/mol. The van der Waals surface area contributed by atoms with Crippen LogP contribution in [0.1, 0.15) is 57.1 Å². The first-order valence-electron chi connectivity index (χ1n) is 10.2. The highest BCUT2D eigenvalue weighted by Crippen LogP contribution is 2.09. The number of nitrogens with zero attached hydrogens (tertiary/aromatic N) is 2. The molecule has 0 aliphatic heterocycles. The standard InChI is InChI=1S/C23H30N6O2/c1-16(18-8-6-10-20(24)14-18)26-28-22(30)12-4-3-5-13-23(31)29-27-17(2)19-9-7-11-21(25)15-19/h6-11,14-15H,3-5,12-13,24-25H2,1-2H3,(H,28,30)(H,29,31). The third-order valence-corrected chi connectivity index (χ3v) is 4.61. The van der Waals surface area contributed by atoms with Gasteiger partial charge in [-0.25, -0.2) is 10.9 Å². The van der Waals surface area contributed by atoms with Crippen molar-refractivity contribution < 1.29 is 9.59 Å². The summed E-state index contributed by atoms with van der Waals surface area (Å²) in [7, 11) is 0. The van der Waals surface area contributed by atoms with Crippen LogP contribution in [0.4, 0.5) is 11.4 Å². The SMILES string of the molecule is CC(=NNC(=O)CCCCCC(=O)NN=C(C)c1cccc(N)c1)c1cccc(N)c1. The van der Waals surface area contributed by atoms with Gasteiger partial charge in [-0.05, 0) is 62.1 Å². The van der Waals surface area contributed by atoms with Gasteiger partial charge in [0.25, 0.3) is 0 Å². The lowest BCUT2D eigenvalue weighted by molar-refractivity contribution is -0.121. The van der Waals surface area contributed by atoms with Crippen LogP contribution in [0.3, 0.4) is 0 Å². The van der Waals surface area contributed by atoms with E-state index in [1.807, 2.05) is 38.1 Å². The van der Waals surface area contributed by atoms with E-state index < -0.39 is 0 Å². The maximum atomic E-state index is 11.9. The molecule has 0 heterocycles. The monoisotopic (exact) mass is 422 g/mol. The summed E-state index contributed by atoms with van der Waals surface area (Å²) < 4.78 is 0. The van der Waals surface area contributed by atoms with Crippen LogP contribution in [0.5, 0.6) is 0 Å². The Morgan fingerprint density at radius 1 is 0.742 bits per heavy atom. The maximum absolute atomic E-state index is 11.9. The lowest BCUT2D eigenvalue weighted by Crippen LogP contribution is -2.19.